The van der Waals surface area contributed by atoms with Crippen molar-refractivity contribution in [2.75, 3.05) is 13.2 Å². The van der Waals surface area contributed by atoms with E-state index in [-0.39, 0.29) is 11.1 Å². The fourth-order valence-electron chi connectivity index (χ4n) is 2.48. The number of azide groups is 1. The van der Waals surface area contributed by atoms with Gasteiger partial charge in [0.15, 0.2) is 0 Å². The van der Waals surface area contributed by atoms with E-state index in [0.29, 0.717) is 25.1 Å². The minimum Gasteiger partial charge on any atom is -0.520 e. The molecule has 7 heteroatoms. The molecule has 126 valence electrons. The van der Waals surface area contributed by atoms with Crippen LogP contribution in [0.15, 0.2) is 29.4 Å². The Hall–Kier alpha value is -1.82. The molecule has 0 saturated carbocycles. The first-order valence-electron chi connectivity index (χ1n) is 7.85. The molecule has 1 aromatic rings. The van der Waals surface area contributed by atoms with E-state index >= 15 is 0 Å². The Balaban J connectivity index is 2.88. The lowest BCUT2D eigenvalue weighted by atomic mass is 10.2. The summed E-state index contributed by atoms with van der Waals surface area (Å²) in [5.74, 6) is 0.722. The van der Waals surface area contributed by atoms with E-state index in [9.17, 15) is 4.79 Å². The maximum atomic E-state index is 10.8. The minimum atomic E-state index is -2.50. The summed E-state index contributed by atoms with van der Waals surface area (Å²) in [4.78, 5) is 13.5. The number of nitrogens with zero attached hydrogens (tertiary/aromatic N) is 3. The summed E-state index contributed by atoms with van der Waals surface area (Å²) >= 11 is 0. The molecule has 0 aromatic heterocycles. The zero-order valence-electron chi connectivity index (χ0n) is 14.2. The van der Waals surface area contributed by atoms with Gasteiger partial charge in [0.05, 0.1) is 0 Å². The van der Waals surface area contributed by atoms with Crippen molar-refractivity contribution in [3.05, 3.63) is 40.3 Å². The predicted octanol–water partition coefficient (Wildman–Crippen LogP) is 4.86. The van der Waals surface area contributed by atoms with E-state index in [1.807, 2.05) is 0 Å². The Kier molecular flexibility index (Phi) is 7.81. The highest BCUT2D eigenvalue weighted by Crippen LogP contribution is 2.35. The van der Waals surface area contributed by atoms with Gasteiger partial charge in [0, 0.05) is 34.7 Å². The zero-order valence-corrected chi connectivity index (χ0v) is 15.2. The molecule has 0 amide bonds. The molecule has 0 bridgehead atoms. The van der Waals surface area contributed by atoms with Crippen LogP contribution < -0.4 is 4.43 Å². The van der Waals surface area contributed by atoms with Gasteiger partial charge in [-0.25, -0.2) is 0 Å². The Morgan fingerprint density at radius 1 is 1.22 bits per heavy atom. The molecule has 0 atom stereocenters. The maximum absolute atomic E-state index is 10.8. The third-order valence-corrected chi connectivity index (χ3v) is 8.13. The number of carbonyl (C=O) groups is 1. The van der Waals surface area contributed by atoms with Crippen molar-refractivity contribution in [2.24, 2.45) is 5.11 Å². The number of benzene rings is 1. The van der Waals surface area contributed by atoms with Crippen LogP contribution in [0.1, 0.15) is 44.5 Å². The molecular formula is C16H25N3O3Si. The van der Waals surface area contributed by atoms with Crippen molar-refractivity contribution < 1.29 is 13.6 Å². The molecule has 0 fully saturated rings. The summed E-state index contributed by atoms with van der Waals surface area (Å²) in [6.07, 6.45) is 1.48. The van der Waals surface area contributed by atoms with Crippen LogP contribution in [-0.4, -0.2) is 28.0 Å². The van der Waals surface area contributed by atoms with E-state index in [1.54, 1.807) is 24.3 Å². The summed E-state index contributed by atoms with van der Waals surface area (Å²) in [5.41, 5.74) is 9.45. The number of hydrogen-bond donors (Lipinski definition) is 0. The molecule has 0 aliphatic carbocycles. The molecule has 0 N–H and O–H groups in total. The van der Waals surface area contributed by atoms with E-state index in [1.165, 1.54) is 0 Å². The molecule has 1 aromatic carbocycles. The largest absolute Gasteiger partial charge is 0.520 e. The first-order chi connectivity index (χ1) is 11.0. The Morgan fingerprint density at radius 2 is 1.83 bits per heavy atom. The number of carbonyl (C=O) groups excluding carboxylic acids is 1. The highest BCUT2D eigenvalue weighted by atomic mass is 28.4. The van der Waals surface area contributed by atoms with Gasteiger partial charge in [0.2, 0.25) is 0 Å². The molecular weight excluding hydrogens is 310 g/mol. The summed E-state index contributed by atoms with van der Waals surface area (Å²) < 4.78 is 12.6. The van der Waals surface area contributed by atoms with Crippen LogP contribution >= 0.6 is 0 Å². The van der Waals surface area contributed by atoms with E-state index in [4.69, 9.17) is 14.4 Å². The molecule has 0 unspecified atom stereocenters. The van der Waals surface area contributed by atoms with Crippen molar-refractivity contribution in [1.82, 2.24) is 0 Å². The van der Waals surface area contributed by atoms with Crippen LogP contribution in [0.4, 0.5) is 0 Å². The highest BCUT2D eigenvalue weighted by molar-refractivity contribution is 6.70. The predicted molar refractivity (Wildman–Crippen MR) is 93.0 cm³/mol. The second-order valence-electron chi connectivity index (χ2n) is 5.98. The second kappa shape index (κ2) is 9.35. The average molecular weight is 335 g/mol. The number of rotatable bonds is 10. The van der Waals surface area contributed by atoms with Crippen LogP contribution in [0.2, 0.25) is 11.1 Å². The van der Waals surface area contributed by atoms with Crippen LogP contribution in [0, 0.1) is 0 Å². The zero-order chi connectivity index (χ0) is 17.3. The van der Waals surface area contributed by atoms with Gasteiger partial charge in [-0.05, 0) is 36.2 Å². The maximum Gasteiger partial charge on any atom is 0.404 e. The van der Waals surface area contributed by atoms with Crippen molar-refractivity contribution >= 4 is 14.8 Å². The van der Waals surface area contributed by atoms with Crippen LogP contribution in [0.3, 0.4) is 0 Å². The van der Waals surface area contributed by atoms with Gasteiger partial charge in [0.25, 0.3) is 0 Å². The third-order valence-electron chi connectivity index (χ3n) is 3.70. The first-order valence-corrected chi connectivity index (χ1v) is 9.82. The van der Waals surface area contributed by atoms with Gasteiger partial charge < -0.3 is 8.85 Å². The van der Waals surface area contributed by atoms with E-state index in [2.05, 4.69) is 37.7 Å². The number of aldehydes is 1. The molecule has 0 spiro atoms. The lowest BCUT2D eigenvalue weighted by Crippen LogP contribution is -2.51. The molecule has 23 heavy (non-hydrogen) atoms. The smallest absolute Gasteiger partial charge is 0.404 e. The van der Waals surface area contributed by atoms with Crippen molar-refractivity contribution in [3.8, 4) is 5.75 Å². The van der Waals surface area contributed by atoms with Gasteiger partial charge in [-0.3, -0.25) is 4.79 Å². The Morgan fingerprint density at radius 3 is 2.30 bits per heavy atom. The highest BCUT2D eigenvalue weighted by Gasteiger charge is 2.47. The van der Waals surface area contributed by atoms with Crippen LogP contribution in [0.25, 0.3) is 10.4 Å². The fraction of sp³-hybridized carbons (Fsp3) is 0.562. The van der Waals surface area contributed by atoms with Gasteiger partial charge in [-0.15, -0.1) is 0 Å². The lowest BCUT2D eigenvalue weighted by Gasteiger charge is -2.37. The van der Waals surface area contributed by atoms with Gasteiger partial charge in [0.1, 0.15) is 12.0 Å². The fourth-order valence-corrected chi connectivity index (χ4v) is 5.97. The summed E-state index contributed by atoms with van der Waals surface area (Å²) in [6, 6.07) is 7.09. The molecule has 0 saturated heterocycles. The van der Waals surface area contributed by atoms with Crippen molar-refractivity contribution in [1.29, 1.82) is 0 Å². The van der Waals surface area contributed by atoms with Gasteiger partial charge >= 0.3 is 8.56 Å². The quantitative estimate of drug-likeness (QED) is 0.153. The van der Waals surface area contributed by atoms with Crippen molar-refractivity contribution in [2.45, 2.75) is 45.2 Å². The summed E-state index contributed by atoms with van der Waals surface area (Å²) in [7, 11) is -2.50. The third kappa shape index (κ3) is 5.39. The second-order valence-corrected chi connectivity index (χ2v) is 10.2. The number of hydrogen-bond acceptors (Lipinski definition) is 4. The van der Waals surface area contributed by atoms with Crippen LogP contribution in [-0.2, 0) is 4.43 Å². The molecule has 1 rings (SSSR count). The van der Waals surface area contributed by atoms with Gasteiger partial charge in [-0.1, -0.05) is 32.8 Å². The van der Waals surface area contributed by atoms with E-state index < -0.39 is 8.56 Å². The molecule has 0 aliphatic rings. The minimum absolute atomic E-state index is 0.257. The molecule has 0 aliphatic heterocycles. The monoisotopic (exact) mass is 335 g/mol. The van der Waals surface area contributed by atoms with Crippen molar-refractivity contribution in [3.63, 3.8) is 0 Å². The molecule has 6 nitrogen and oxygen atoms in total. The average Bonchev–Trinajstić information content (AvgIpc) is 2.53. The Labute approximate surface area is 138 Å². The lowest BCUT2D eigenvalue weighted by molar-refractivity contribution is 0.112. The summed E-state index contributed by atoms with van der Waals surface area (Å²) in [6.45, 7) is 9.37. The van der Waals surface area contributed by atoms with Crippen LogP contribution in [0.5, 0.6) is 5.75 Å². The SMILES string of the molecule is CC(C)[Si](OCCCN=[N+]=[N-])(Oc1ccc(C=O)cc1)C(C)C. The van der Waals surface area contributed by atoms with Gasteiger partial charge in [-0.2, -0.15) is 0 Å². The standard InChI is InChI=1S/C16H25N3O3Si/c1-13(2)23(14(3)4,21-11-5-10-18-19-17)22-16-8-6-15(12-20)7-9-16/h6-9,12-14H,5,10-11H2,1-4H3. The first kappa shape index (κ1) is 19.2. The normalized spacial score (nSPS) is 11.4. The van der Waals surface area contributed by atoms with E-state index in [0.717, 1.165) is 12.0 Å². The topological polar surface area (TPSA) is 84.3 Å². The Bertz CT molecular complexity index is 532. The molecule has 0 radical (unpaired) electrons. The summed E-state index contributed by atoms with van der Waals surface area (Å²) in [5, 5.41) is 3.53. The molecule has 0 heterocycles.